The zero-order chi connectivity index (χ0) is 16.1. The van der Waals surface area contributed by atoms with Crippen LogP contribution in [-0.2, 0) is 14.4 Å². The molecule has 5 atom stereocenters. The Bertz CT molecular complexity index is 667. The number of hydrogen-bond acceptors (Lipinski definition) is 4. The van der Waals surface area contributed by atoms with Gasteiger partial charge in [-0.25, -0.2) is 0 Å². The normalized spacial score (nSPS) is 32.5. The van der Waals surface area contributed by atoms with Gasteiger partial charge in [0.05, 0.1) is 17.9 Å². The largest absolute Gasteiger partial charge is 0.347 e. The van der Waals surface area contributed by atoms with Crippen LogP contribution in [0.1, 0.15) is 24.3 Å². The molecule has 3 amide bonds. The molecule has 2 heterocycles. The van der Waals surface area contributed by atoms with E-state index in [-0.39, 0.29) is 54.0 Å². The molecule has 120 valence electrons. The predicted molar refractivity (Wildman–Crippen MR) is 85.3 cm³/mol. The summed E-state index contributed by atoms with van der Waals surface area (Å²) in [4.78, 5) is 39.5. The molecule has 1 saturated carbocycles. The van der Waals surface area contributed by atoms with E-state index >= 15 is 0 Å². The van der Waals surface area contributed by atoms with Crippen molar-refractivity contribution in [1.29, 1.82) is 0 Å². The average Bonchev–Trinajstić information content (AvgIpc) is 3.28. The lowest BCUT2D eigenvalue weighted by Crippen LogP contribution is -2.42. The van der Waals surface area contributed by atoms with Crippen molar-refractivity contribution >= 4 is 29.1 Å². The van der Waals surface area contributed by atoms with Crippen LogP contribution < -0.4 is 5.32 Å². The number of hydrogen-bond donors (Lipinski definition) is 1. The number of likely N-dealkylation sites (tertiary alicyclic amines) is 1. The molecule has 1 aliphatic heterocycles. The van der Waals surface area contributed by atoms with E-state index in [0.717, 1.165) is 16.2 Å². The lowest BCUT2D eigenvalue weighted by atomic mass is 9.85. The monoisotopic (exact) mass is 330 g/mol. The number of carbonyl (C=O) groups excluding carboxylic acids is 3. The second kappa shape index (κ2) is 5.30. The van der Waals surface area contributed by atoms with Crippen molar-refractivity contribution in [2.75, 3.05) is 6.54 Å². The lowest BCUT2D eigenvalue weighted by Gasteiger charge is -2.18. The standard InChI is InChI=1S/C17H18N2O3S/c1-9(12-3-2-6-23-12)18-13(20)8-19-16(21)14-10-4-5-11(7-10)15(14)17(19)22/h2-6,9-11,14-15H,7-8H2,1H3,(H,18,20). The van der Waals surface area contributed by atoms with Crippen LogP contribution in [0, 0.1) is 23.7 Å². The third kappa shape index (κ3) is 2.24. The average molecular weight is 330 g/mol. The van der Waals surface area contributed by atoms with Gasteiger partial charge in [0.25, 0.3) is 0 Å². The van der Waals surface area contributed by atoms with Gasteiger partial charge in [-0.05, 0) is 36.6 Å². The summed E-state index contributed by atoms with van der Waals surface area (Å²) >= 11 is 1.57. The molecule has 4 rings (SSSR count). The Morgan fingerprint density at radius 3 is 2.52 bits per heavy atom. The Morgan fingerprint density at radius 1 is 1.30 bits per heavy atom. The van der Waals surface area contributed by atoms with Crippen molar-refractivity contribution in [2.24, 2.45) is 23.7 Å². The number of nitrogens with zero attached hydrogens (tertiary/aromatic N) is 1. The fourth-order valence-electron chi connectivity index (χ4n) is 4.16. The lowest BCUT2D eigenvalue weighted by molar-refractivity contribution is -0.144. The van der Waals surface area contributed by atoms with E-state index in [1.165, 1.54) is 0 Å². The maximum absolute atomic E-state index is 12.5. The number of nitrogens with one attached hydrogen (secondary N) is 1. The van der Waals surface area contributed by atoms with Gasteiger partial charge in [-0.3, -0.25) is 19.3 Å². The summed E-state index contributed by atoms with van der Waals surface area (Å²) in [6.45, 7) is 1.73. The number of imide groups is 1. The van der Waals surface area contributed by atoms with E-state index in [4.69, 9.17) is 0 Å². The van der Waals surface area contributed by atoms with Crippen LogP contribution in [0.15, 0.2) is 29.7 Å². The molecule has 0 spiro atoms. The first-order chi connectivity index (χ1) is 11.1. The maximum atomic E-state index is 12.5. The second-order valence-corrected chi connectivity index (χ2v) is 7.55. The number of fused-ring (bicyclic) bond motifs is 5. The first-order valence-electron chi connectivity index (χ1n) is 7.92. The van der Waals surface area contributed by atoms with E-state index in [1.807, 2.05) is 24.4 Å². The number of allylic oxidation sites excluding steroid dienone is 2. The minimum Gasteiger partial charge on any atom is -0.347 e. The van der Waals surface area contributed by atoms with Gasteiger partial charge in [0.2, 0.25) is 17.7 Å². The maximum Gasteiger partial charge on any atom is 0.240 e. The molecule has 0 aromatic carbocycles. The number of amides is 3. The molecule has 6 heteroatoms. The molecule has 1 N–H and O–H groups in total. The van der Waals surface area contributed by atoms with E-state index in [9.17, 15) is 14.4 Å². The van der Waals surface area contributed by atoms with Gasteiger partial charge in [-0.15, -0.1) is 11.3 Å². The Balaban J connectivity index is 1.42. The van der Waals surface area contributed by atoms with Crippen molar-refractivity contribution in [3.05, 3.63) is 34.5 Å². The number of thiophene rings is 1. The van der Waals surface area contributed by atoms with E-state index < -0.39 is 0 Å². The molecule has 3 aliphatic rings. The fourth-order valence-corrected chi connectivity index (χ4v) is 4.89. The molecule has 5 unspecified atom stereocenters. The first-order valence-corrected chi connectivity index (χ1v) is 8.80. The molecule has 0 radical (unpaired) electrons. The van der Waals surface area contributed by atoms with Crippen LogP contribution in [0.5, 0.6) is 0 Å². The zero-order valence-electron chi connectivity index (χ0n) is 12.8. The van der Waals surface area contributed by atoms with Gasteiger partial charge in [0, 0.05) is 4.88 Å². The Kier molecular flexibility index (Phi) is 3.37. The van der Waals surface area contributed by atoms with Gasteiger partial charge in [-0.1, -0.05) is 18.2 Å². The molecule has 2 aliphatic carbocycles. The molecule has 1 aromatic rings. The van der Waals surface area contributed by atoms with E-state index in [0.29, 0.717) is 0 Å². The van der Waals surface area contributed by atoms with Crippen molar-refractivity contribution < 1.29 is 14.4 Å². The van der Waals surface area contributed by atoms with Crippen LogP contribution in [0.25, 0.3) is 0 Å². The summed E-state index contributed by atoms with van der Waals surface area (Å²) in [5, 5.41) is 4.82. The molecule has 1 saturated heterocycles. The summed E-state index contributed by atoms with van der Waals surface area (Å²) in [6.07, 6.45) is 5.02. The highest BCUT2D eigenvalue weighted by atomic mass is 32.1. The minimum atomic E-state index is -0.284. The van der Waals surface area contributed by atoms with Crippen molar-refractivity contribution in [3.63, 3.8) is 0 Å². The van der Waals surface area contributed by atoms with Crippen molar-refractivity contribution in [1.82, 2.24) is 10.2 Å². The molecular weight excluding hydrogens is 312 g/mol. The van der Waals surface area contributed by atoms with Gasteiger partial charge in [0.1, 0.15) is 6.54 Å². The SMILES string of the molecule is CC(NC(=O)CN1C(=O)C2C3C=CC(C3)C2C1=O)c1cccs1. The third-order valence-corrected chi connectivity index (χ3v) is 6.27. The van der Waals surface area contributed by atoms with Gasteiger partial charge in [0.15, 0.2) is 0 Å². The minimum absolute atomic E-state index is 0.118. The summed E-state index contributed by atoms with van der Waals surface area (Å²) in [7, 11) is 0. The predicted octanol–water partition coefficient (Wildman–Crippen LogP) is 1.73. The van der Waals surface area contributed by atoms with Crippen molar-refractivity contribution in [3.8, 4) is 0 Å². The van der Waals surface area contributed by atoms with Crippen LogP contribution in [0.3, 0.4) is 0 Å². The molecular formula is C17H18N2O3S. The summed E-state index contributed by atoms with van der Waals surface area (Å²) in [6, 6.07) is 3.77. The van der Waals surface area contributed by atoms with Gasteiger partial charge < -0.3 is 5.32 Å². The molecule has 2 fully saturated rings. The first kappa shape index (κ1) is 14.6. The second-order valence-electron chi connectivity index (χ2n) is 6.57. The van der Waals surface area contributed by atoms with E-state index in [1.54, 1.807) is 11.3 Å². The third-order valence-electron chi connectivity index (χ3n) is 5.21. The number of rotatable bonds is 4. The zero-order valence-corrected chi connectivity index (χ0v) is 13.6. The van der Waals surface area contributed by atoms with Crippen LogP contribution in [-0.4, -0.2) is 29.2 Å². The van der Waals surface area contributed by atoms with Crippen LogP contribution >= 0.6 is 11.3 Å². The molecule has 23 heavy (non-hydrogen) atoms. The number of carbonyl (C=O) groups is 3. The quantitative estimate of drug-likeness (QED) is 0.675. The Morgan fingerprint density at radius 2 is 1.96 bits per heavy atom. The van der Waals surface area contributed by atoms with Gasteiger partial charge >= 0.3 is 0 Å². The molecule has 1 aromatic heterocycles. The summed E-state index contributed by atoms with van der Waals surface area (Å²) < 4.78 is 0. The smallest absolute Gasteiger partial charge is 0.240 e. The molecule has 2 bridgehead atoms. The summed E-state index contributed by atoms with van der Waals surface area (Å²) in [5.41, 5.74) is 0. The fraction of sp³-hybridized carbons (Fsp3) is 0.471. The topological polar surface area (TPSA) is 66.5 Å². The summed E-state index contributed by atoms with van der Waals surface area (Å²) in [5.74, 6) is -0.737. The highest BCUT2D eigenvalue weighted by Crippen LogP contribution is 2.52. The highest BCUT2D eigenvalue weighted by molar-refractivity contribution is 7.10. The van der Waals surface area contributed by atoms with Crippen LogP contribution in [0.4, 0.5) is 0 Å². The highest BCUT2D eigenvalue weighted by Gasteiger charge is 2.59. The Hall–Kier alpha value is -1.95. The molecule has 5 nitrogen and oxygen atoms in total. The Labute approximate surface area is 138 Å². The van der Waals surface area contributed by atoms with Gasteiger partial charge in [-0.2, -0.15) is 0 Å². The van der Waals surface area contributed by atoms with Crippen molar-refractivity contribution in [2.45, 2.75) is 19.4 Å². The van der Waals surface area contributed by atoms with E-state index in [2.05, 4.69) is 17.5 Å². The van der Waals surface area contributed by atoms with Crippen LogP contribution in [0.2, 0.25) is 0 Å².